The minimum Gasteiger partial charge on any atom is -0.494 e. The summed E-state index contributed by atoms with van der Waals surface area (Å²) in [6.07, 6.45) is 3.55. The molecule has 128 valence electrons. The second-order valence-electron chi connectivity index (χ2n) is 5.68. The van der Waals surface area contributed by atoms with E-state index in [-0.39, 0.29) is 11.1 Å². The van der Waals surface area contributed by atoms with Gasteiger partial charge in [0.25, 0.3) is 11.5 Å². The highest BCUT2D eigenvalue weighted by atomic mass is 16.5. The zero-order chi connectivity index (χ0) is 17.6. The zero-order valence-corrected chi connectivity index (χ0v) is 13.9. The van der Waals surface area contributed by atoms with Gasteiger partial charge in [0, 0.05) is 18.9 Å². The van der Waals surface area contributed by atoms with Crippen molar-refractivity contribution >= 4 is 11.6 Å². The number of amides is 1. The molecule has 25 heavy (non-hydrogen) atoms. The van der Waals surface area contributed by atoms with E-state index in [1.807, 2.05) is 31.2 Å². The van der Waals surface area contributed by atoms with Crippen molar-refractivity contribution in [3.8, 4) is 5.75 Å². The molecular formula is C19H19N3O3. The molecule has 0 aliphatic carbocycles. The van der Waals surface area contributed by atoms with Gasteiger partial charge in [-0.2, -0.15) is 0 Å². The van der Waals surface area contributed by atoms with Crippen LogP contribution < -0.4 is 15.6 Å². The fraction of sp³-hybridized carbons (Fsp3) is 0.211. The standard InChI is InChI=1S/C19H19N3O3/c1-14-6-8-15(9-7-14)25-12-4-10-20-18(23)16-13-21-17-5-2-3-11-22(17)19(16)24/h2-3,5-9,11,13H,4,10,12H2,1H3,(H,20,23). The van der Waals surface area contributed by atoms with Gasteiger partial charge in [-0.15, -0.1) is 0 Å². The lowest BCUT2D eigenvalue weighted by Gasteiger charge is -2.08. The van der Waals surface area contributed by atoms with Crippen LogP contribution in [0.4, 0.5) is 0 Å². The Kier molecular flexibility index (Phi) is 5.09. The summed E-state index contributed by atoms with van der Waals surface area (Å²) in [5.74, 6) is 0.375. The molecule has 1 aromatic carbocycles. The van der Waals surface area contributed by atoms with Crippen LogP contribution in [0.5, 0.6) is 5.75 Å². The quantitative estimate of drug-likeness (QED) is 0.700. The van der Waals surface area contributed by atoms with Crippen molar-refractivity contribution in [1.29, 1.82) is 0 Å². The molecule has 1 amide bonds. The van der Waals surface area contributed by atoms with E-state index >= 15 is 0 Å². The first-order chi connectivity index (χ1) is 12.1. The molecule has 0 spiro atoms. The highest BCUT2D eigenvalue weighted by Gasteiger charge is 2.12. The van der Waals surface area contributed by atoms with Crippen molar-refractivity contribution in [2.75, 3.05) is 13.2 Å². The van der Waals surface area contributed by atoms with Crippen LogP contribution in [0, 0.1) is 6.92 Å². The molecule has 0 fully saturated rings. The third kappa shape index (κ3) is 4.03. The Morgan fingerprint density at radius 2 is 2.00 bits per heavy atom. The second-order valence-corrected chi connectivity index (χ2v) is 5.68. The summed E-state index contributed by atoms with van der Waals surface area (Å²) in [5.41, 5.74) is 1.34. The average molecular weight is 337 g/mol. The van der Waals surface area contributed by atoms with E-state index in [1.165, 1.54) is 16.2 Å². The van der Waals surface area contributed by atoms with Crippen molar-refractivity contribution in [2.24, 2.45) is 0 Å². The van der Waals surface area contributed by atoms with Gasteiger partial charge in [-0.1, -0.05) is 23.8 Å². The van der Waals surface area contributed by atoms with Crippen LogP contribution in [0.25, 0.3) is 5.65 Å². The van der Waals surface area contributed by atoms with Crippen LogP contribution in [0.2, 0.25) is 0 Å². The molecule has 1 N–H and O–H groups in total. The lowest BCUT2D eigenvalue weighted by molar-refractivity contribution is 0.0949. The predicted octanol–water partition coefficient (Wildman–Crippen LogP) is 2.20. The van der Waals surface area contributed by atoms with Crippen LogP contribution in [-0.4, -0.2) is 28.4 Å². The fourth-order valence-corrected chi connectivity index (χ4v) is 2.38. The number of nitrogens with zero attached hydrogens (tertiary/aromatic N) is 2. The van der Waals surface area contributed by atoms with E-state index in [1.54, 1.807) is 24.4 Å². The molecular weight excluding hydrogens is 318 g/mol. The first-order valence-electron chi connectivity index (χ1n) is 8.09. The number of hydrogen-bond acceptors (Lipinski definition) is 4. The molecule has 2 aromatic heterocycles. The third-order valence-electron chi connectivity index (χ3n) is 3.75. The molecule has 0 unspecified atom stereocenters. The van der Waals surface area contributed by atoms with Crippen molar-refractivity contribution in [2.45, 2.75) is 13.3 Å². The monoisotopic (exact) mass is 337 g/mol. The Balaban J connectivity index is 1.52. The first kappa shape index (κ1) is 16.7. The maximum Gasteiger partial charge on any atom is 0.270 e. The maximum absolute atomic E-state index is 12.3. The molecule has 6 heteroatoms. The summed E-state index contributed by atoms with van der Waals surface area (Å²) < 4.78 is 6.96. The Hall–Kier alpha value is -3.15. The van der Waals surface area contributed by atoms with Gasteiger partial charge in [0.15, 0.2) is 0 Å². The molecule has 0 atom stereocenters. The lowest BCUT2D eigenvalue weighted by Crippen LogP contribution is -2.32. The van der Waals surface area contributed by atoms with E-state index in [0.29, 0.717) is 25.2 Å². The molecule has 0 aliphatic heterocycles. The van der Waals surface area contributed by atoms with Crippen molar-refractivity contribution < 1.29 is 9.53 Å². The number of carbonyl (C=O) groups is 1. The number of aryl methyl sites for hydroxylation is 1. The summed E-state index contributed by atoms with van der Waals surface area (Å²) in [7, 11) is 0. The molecule has 3 aromatic rings. The Bertz CT molecular complexity index is 933. The van der Waals surface area contributed by atoms with E-state index in [0.717, 1.165) is 5.75 Å². The van der Waals surface area contributed by atoms with E-state index in [2.05, 4.69) is 10.3 Å². The molecule has 3 rings (SSSR count). The van der Waals surface area contributed by atoms with Crippen molar-refractivity contribution in [3.63, 3.8) is 0 Å². The summed E-state index contributed by atoms with van der Waals surface area (Å²) in [6, 6.07) is 13.0. The largest absolute Gasteiger partial charge is 0.494 e. The molecule has 0 radical (unpaired) electrons. The lowest BCUT2D eigenvalue weighted by atomic mass is 10.2. The van der Waals surface area contributed by atoms with Gasteiger partial charge < -0.3 is 10.1 Å². The van der Waals surface area contributed by atoms with Gasteiger partial charge in [0.05, 0.1) is 6.61 Å². The van der Waals surface area contributed by atoms with Crippen molar-refractivity contribution in [1.82, 2.24) is 14.7 Å². The van der Waals surface area contributed by atoms with Gasteiger partial charge in [-0.3, -0.25) is 14.0 Å². The van der Waals surface area contributed by atoms with Crippen LogP contribution in [0.3, 0.4) is 0 Å². The predicted molar refractivity (Wildman–Crippen MR) is 95.1 cm³/mol. The molecule has 0 bridgehead atoms. The Morgan fingerprint density at radius 1 is 1.20 bits per heavy atom. The molecule has 0 saturated heterocycles. The molecule has 0 aliphatic rings. The number of ether oxygens (including phenoxy) is 1. The number of benzene rings is 1. The number of carbonyl (C=O) groups excluding carboxylic acids is 1. The number of pyridine rings is 1. The topological polar surface area (TPSA) is 72.7 Å². The minimum absolute atomic E-state index is 0.0307. The van der Waals surface area contributed by atoms with Crippen LogP contribution >= 0.6 is 0 Å². The Morgan fingerprint density at radius 3 is 2.80 bits per heavy atom. The summed E-state index contributed by atoms with van der Waals surface area (Å²) in [4.78, 5) is 28.6. The third-order valence-corrected chi connectivity index (χ3v) is 3.75. The van der Waals surface area contributed by atoms with Gasteiger partial charge in [0.2, 0.25) is 0 Å². The van der Waals surface area contributed by atoms with Gasteiger partial charge in [-0.25, -0.2) is 4.98 Å². The fourth-order valence-electron chi connectivity index (χ4n) is 2.38. The summed E-state index contributed by atoms with van der Waals surface area (Å²) in [6.45, 7) is 2.92. The average Bonchev–Trinajstić information content (AvgIpc) is 2.63. The minimum atomic E-state index is -0.425. The summed E-state index contributed by atoms with van der Waals surface area (Å²) >= 11 is 0. The van der Waals surface area contributed by atoms with Crippen LogP contribution in [-0.2, 0) is 0 Å². The van der Waals surface area contributed by atoms with E-state index in [4.69, 9.17) is 4.74 Å². The van der Waals surface area contributed by atoms with Crippen LogP contribution in [0.1, 0.15) is 22.3 Å². The highest BCUT2D eigenvalue weighted by molar-refractivity contribution is 5.93. The molecule has 0 saturated carbocycles. The SMILES string of the molecule is Cc1ccc(OCCCNC(=O)c2cnc3ccccn3c2=O)cc1. The Labute approximate surface area is 145 Å². The van der Waals surface area contributed by atoms with E-state index in [9.17, 15) is 9.59 Å². The maximum atomic E-state index is 12.3. The summed E-state index contributed by atoms with van der Waals surface area (Å²) in [5, 5.41) is 2.73. The highest BCUT2D eigenvalue weighted by Crippen LogP contribution is 2.11. The van der Waals surface area contributed by atoms with Gasteiger partial charge in [-0.05, 0) is 37.6 Å². The first-order valence-corrected chi connectivity index (χ1v) is 8.09. The number of nitrogens with one attached hydrogen (secondary N) is 1. The van der Waals surface area contributed by atoms with Gasteiger partial charge >= 0.3 is 0 Å². The smallest absolute Gasteiger partial charge is 0.270 e. The normalized spacial score (nSPS) is 10.6. The number of hydrogen-bond donors (Lipinski definition) is 1. The molecule has 6 nitrogen and oxygen atoms in total. The van der Waals surface area contributed by atoms with E-state index < -0.39 is 5.91 Å². The zero-order valence-electron chi connectivity index (χ0n) is 13.9. The number of aromatic nitrogens is 2. The molecule has 2 heterocycles. The number of fused-ring (bicyclic) bond motifs is 1. The van der Waals surface area contributed by atoms with Gasteiger partial charge in [0.1, 0.15) is 17.0 Å². The second kappa shape index (κ2) is 7.61. The van der Waals surface area contributed by atoms with Crippen LogP contribution in [0.15, 0.2) is 59.7 Å². The number of rotatable bonds is 6. The van der Waals surface area contributed by atoms with Crippen molar-refractivity contribution in [3.05, 3.63) is 76.3 Å².